The molecule has 7 nitrogen and oxygen atoms in total. The van der Waals surface area contributed by atoms with Gasteiger partial charge in [0, 0.05) is 5.69 Å². The lowest BCUT2D eigenvalue weighted by molar-refractivity contribution is -0.118. The fraction of sp³-hybridized carbons (Fsp3) is 0.105. The van der Waals surface area contributed by atoms with E-state index in [-0.39, 0.29) is 18.0 Å². The molecule has 3 rings (SSSR count). The van der Waals surface area contributed by atoms with E-state index < -0.39 is 21.7 Å². The number of nitrogens with one attached hydrogen (secondary N) is 2. The number of ether oxygens (including phenoxy) is 1. The molecule has 0 radical (unpaired) electrons. The highest BCUT2D eigenvalue weighted by molar-refractivity contribution is 7.89. The molecule has 0 aliphatic rings. The number of amides is 1. The van der Waals surface area contributed by atoms with Crippen LogP contribution in [0.1, 0.15) is 5.76 Å². The van der Waals surface area contributed by atoms with E-state index in [1.54, 1.807) is 18.2 Å². The standard InChI is InChI=1S/C19H17FN2O5S/c20-14-6-8-16(9-7-14)27-13-19(23)22-15-3-1-5-18(11-15)28(24,25)21-12-17-4-2-10-26-17/h1-11,21H,12-13H2,(H,22,23). The quantitative estimate of drug-likeness (QED) is 0.602. The van der Waals surface area contributed by atoms with Crippen molar-refractivity contribution < 1.29 is 26.8 Å². The van der Waals surface area contributed by atoms with Gasteiger partial charge in [0.25, 0.3) is 5.91 Å². The summed E-state index contributed by atoms with van der Waals surface area (Å²) in [6.45, 7) is -0.295. The Morgan fingerprint density at radius 1 is 1.07 bits per heavy atom. The third-order valence-electron chi connectivity index (χ3n) is 3.63. The summed E-state index contributed by atoms with van der Waals surface area (Å²) in [7, 11) is -3.78. The van der Waals surface area contributed by atoms with Gasteiger partial charge in [-0.15, -0.1) is 0 Å². The number of rotatable bonds is 8. The van der Waals surface area contributed by atoms with Gasteiger partial charge in [-0.1, -0.05) is 6.07 Å². The molecule has 1 aromatic heterocycles. The summed E-state index contributed by atoms with van der Waals surface area (Å²) in [6.07, 6.45) is 1.45. The molecule has 9 heteroatoms. The molecule has 1 amide bonds. The normalized spacial score (nSPS) is 11.2. The van der Waals surface area contributed by atoms with Crippen LogP contribution in [-0.2, 0) is 21.4 Å². The molecule has 2 aromatic carbocycles. The first-order chi connectivity index (χ1) is 13.4. The molecule has 0 aliphatic heterocycles. The first-order valence-corrected chi connectivity index (χ1v) is 9.71. The molecule has 0 bridgehead atoms. The fourth-order valence-corrected chi connectivity index (χ4v) is 3.32. The van der Waals surface area contributed by atoms with Crippen LogP contribution in [0.15, 0.2) is 76.2 Å². The molecule has 3 aromatic rings. The summed E-state index contributed by atoms with van der Waals surface area (Å²) in [6, 6.07) is 14.4. The lowest BCUT2D eigenvalue weighted by atomic mass is 10.3. The SMILES string of the molecule is O=C(COc1ccc(F)cc1)Nc1cccc(S(=O)(=O)NCc2ccco2)c1. The van der Waals surface area contributed by atoms with Crippen LogP contribution >= 0.6 is 0 Å². The van der Waals surface area contributed by atoms with E-state index in [1.165, 1.54) is 48.7 Å². The van der Waals surface area contributed by atoms with E-state index >= 15 is 0 Å². The first kappa shape index (κ1) is 19.6. The van der Waals surface area contributed by atoms with Gasteiger partial charge < -0.3 is 14.5 Å². The molecular weight excluding hydrogens is 387 g/mol. The maximum atomic E-state index is 12.8. The van der Waals surface area contributed by atoms with Gasteiger partial charge in [-0.25, -0.2) is 17.5 Å². The predicted molar refractivity (Wildman–Crippen MR) is 99.7 cm³/mol. The van der Waals surface area contributed by atoms with Crippen molar-refractivity contribution in [3.63, 3.8) is 0 Å². The smallest absolute Gasteiger partial charge is 0.262 e. The molecule has 146 valence electrons. The van der Waals surface area contributed by atoms with E-state index in [1.807, 2.05) is 0 Å². The molecule has 0 saturated heterocycles. The monoisotopic (exact) mass is 404 g/mol. The number of halogens is 1. The van der Waals surface area contributed by atoms with E-state index in [0.717, 1.165) is 0 Å². The van der Waals surface area contributed by atoms with Crippen molar-refractivity contribution >= 4 is 21.6 Å². The summed E-state index contributed by atoms with van der Waals surface area (Å²) in [5.74, 6) is -0.0705. The van der Waals surface area contributed by atoms with Crippen molar-refractivity contribution in [2.75, 3.05) is 11.9 Å². The summed E-state index contributed by atoms with van der Waals surface area (Å²) >= 11 is 0. The fourth-order valence-electron chi connectivity index (χ4n) is 2.28. The third-order valence-corrected chi connectivity index (χ3v) is 5.03. The Hall–Kier alpha value is -3.17. The average Bonchev–Trinajstić information content (AvgIpc) is 3.20. The summed E-state index contributed by atoms with van der Waals surface area (Å²) in [5.41, 5.74) is 0.300. The van der Waals surface area contributed by atoms with Crippen molar-refractivity contribution in [2.45, 2.75) is 11.4 Å². The lowest BCUT2D eigenvalue weighted by Gasteiger charge is -2.10. The van der Waals surface area contributed by atoms with Gasteiger partial charge in [0.15, 0.2) is 6.61 Å². The highest BCUT2D eigenvalue weighted by Crippen LogP contribution is 2.16. The lowest BCUT2D eigenvalue weighted by Crippen LogP contribution is -2.24. The molecule has 0 atom stereocenters. The van der Waals surface area contributed by atoms with E-state index in [0.29, 0.717) is 17.2 Å². The third kappa shape index (κ3) is 5.41. The van der Waals surface area contributed by atoms with Gasteiger partial charge in [-0.2, -0.15) is 0 Å². The Bertz CT molecular complexity index is 1030. The van der Waals surface area contributed by atoms with Crippen LogP contribution < -0.4 is 14.8 Å². The zero-order chi connectivity index (χ0) is 20.0. The van der Waals surface area contributed by atoms with Crippen molar-refractivity contribution in [1.82, 2.24) is 4.72 Å². The van der Waals surface area contributed by atoms with E-state index in [9.17, 15) is 17.6 Å². The second kappa shape index (κ2) is 8.68. The number of hydrogen-bond donors (Lipinski definition) is 2. The van der Waals surface area contributed by atoms with Crippen molar-refractivity contribution in [3.05, 3.63) is 78.5 Å². The molecule has 2 N–H and O–H groups in total. The van der Waals surface area contributed by atoms with E-state index in [4.69, 9.17) is 9.15 Å². The molecule has 0 aliphatic carbocycles. The Kier molecular flexibility index (Phi) is 6.07. The van der Waals surface area contributed by atoms with Gasteiger partial charge in [0.1, 0.15) is 17.3 Å². The van der Waals surface area contributed by atoms with Gasteiger partial charge in [-0.05, 0) is 54.6 Å². The van der Waals surface area contributed by atoms with Crippen LogP contribution in [0.5, 0.6) is 5.75 Å². The topological polar surface area (TPSA) is 97.6 Å². The Morgan fingerprint density at radius 2 is 1.86 bits per heavy atom. The van der Waals surface area contributed by atoms with Crippen molar-refractivity contribution in [1.29, 1.82) is 0 Å². The van der Waals surface area contributed by atoms with Crippen molar-refractivity contribution in [3.8, 4) is 5.75 Å². The number of anilines is 1. The molecular formula is C19H17FN2O5S. The highest BCUT2D eigenvalue weighted by Gasteiger charge is 2.15. The van der Waals surface area contributed by atoms with Crippen LogP contribution in [0.3, 0.4) is 0 Å². The van der Waals surface area contributed by atoms with E-state index in [2.05, 4.69) is 10.0 Å². The van der Waals surface area contributed by atoms with Gasteiger partial charge >= 0.3 is 0 Å². The van der Waals surface area contributed by atoms with Gasteiger partial charge in [0.2, 0.25) is 10.0 Å². The minimum Gasteiger partial charge on any atom is -0.484 e. The first-order valence-electron chi connectivity index (χ1n) is 8.23. The Morgan fingerprint density at radius 3 is 2.57 bits per heavy atom. The molecule has 0 fully saturated rings. The molecule has 1 heterocycles. The van der Waals surface area contributed by atoms with Gasteiger partial charge in [0.05, 0.1) is 17.7 Å². The molecule has 0 spiro atoms. The molecule has 0 saturated carbocycles. The summed E-state index contributed by atoms with van der Waals surface area (Å²) in [5, 5.41) is 2.56. The van der Waals surface area contributed by atoms with Crippen LogP contribution in [0.2, 0.25) is 0 Å². The number of carbonyl (C=O) groups excluding carboxylic acids is 1. The minimum atomic E-state index is -3.78. The second-order valence-corrected chi connectivity index (χ2v) is 7.49. The van der Waals surface area contributed by atoms with Crippen LogP contribution in [0.25, 0.3) is 0 Å². The zero-order valence-corrected chi connectivity index (χ0v) is 15.4. The number of sulfonamides is 1. The maximum Gasteiger partial charge on any atom is 0.262 e. The number of hydrogen-bond acceptors (Lipinski definition) is 5. The van der Waals surface area contributed by atoms with Crippen LogP contribution in [0, 0.1) is 5.82 Å². The maximum absolute atomic E-state index is 12.8. The number of furan rings is 1. The second-order valence-electron chi connectivity index (χ2n) is 5.72. The largest absolute Gasteiger partial charge is 0.484 e. The summed E-state index contributed by atoms with van der Waals surface area (Å²) < 4.78 is 50.4. The predicted octanol–water partition coefficient (Wildman–Crippen LogP) is 2.91. The number of carbonyl (C=O) groups is 1. The van der Waals surface area contributed by atoms with Crippen LogP contribution in [0.4, 0.5) is 10.1 Å². The molecule has 28 heavy (non-hydrogen) atoms. The van der Waals surface area contributed by atoms with Crippen molar-refractivity contribution in [2.24, 2.45) is 0 Å². The highest BCUT2D eigenvalue weighted by atomic mass is 32.2. The number of benzene rings is 2. The Balaban J connectivity index is 1.58. The minimum absolute atomic E-state index is 0.00342. The van der Waals surface area contributed by atoms with Gasteiger partial charge in [-0.3, -0.25) is 4.79 Å². The Labute approximate surface area is 161 Å². The summed E-state index contributed by atoms with van der Waals surface area (Å²) in [4.78, 5) is 12.0. The van der Waals surface area contributed by atoms with Crippen LogP contribution in [-0.4, -0.2) is 20.9 Å². The average molecular weight is 404 g/mol. The zero-order valence-electron chi connectivity index (χ0n) is 14.6. The molecule has 0 unspecified atom stereocenters.